The first-order chi connectivity index (χ1) is 9.56. The van der Waals surface area contributed by atoms with Crippen molar-refractivity contribution in [3.8, 4) is 11.8 Å². The molecule has 1 atom stereocenters. The van der Waals surface area contributed by atoms with Gasteiger partial charge in [0.15, 0.2) is 0 Å². The lowest BCUT2D eigenvalue weighted by atomic mass is 10.1. The fraction of sp³-hybridized carbons (Fsp3) is 0.231. The zero-order chi connectivity index (χ0) is 14.7. The topological polar surface area (TPSA) is 64.5 Å². The normalized spacial score (nSPS) is 12.1. The van der Waals surface area contributed by atoms with Gasteiger partial charge in [-0.3, -0.25) is 0 Å². The molecule has 1 aromatic carbocycles. The van der Waals surface area contributed by atoms with Crippen LogP contribution in [-0.2, 0) is 0 Å². The van der Waals surface area contributed by atoms with E-state index in [1.807, 2.05) is 0 Å². The molecule has 1 heterocycles. The van der Waals surface area contributed by atoms with Crippen molar-refractivity contribution < 1.29 is 19.0 Å². The lowest BCUT2D eigenvalue weighted by Gasteiger charge is -2.14. The molecule has 2 rings (SSSR count). The van der Waals surface area contributed by atoms with Crippen molar-refractivity contribution in [2.45, 2.75) is 6.10 Å². The summed E-state index contributed by atoms with van der Waals surface area (Å²) in [5.74, 6) is -0.178. The Balaban J connectivity index is 2.41. The summed E-state index contributed by atoms with van der Waals surface area (Å²) >= 11 is 5.69. The van der Waals surface area contributed by atoms with Crippen molar-refractivity contribution in [1.29, 1.82) is 0 Å². The predicted octanol–water partition coefficient (Wildman–Crippen LogP) is 2.37. The molecule has 0 aliphatic heterocycles. The van der Waals surface area contributed by atoms with Gasteiger partial charge in [0.1, 0.15) is 17.6 Å². The lowest BCUT2D eigenvalue weighted by Crippen LogP contribution is -2.07. The van der Waals surface area contributed by atoms with Crippen LogP contribution in [0.3, 0.4) is 0 Å². The van der Waals surface area contributed by atoms with Gasteiger partial charge >= 0.3 is 0 Å². The van der Waals surface area contributed by atoms with Crippen molar-refractivity contribution in [1.82, 2.24) is 9.97 Å². The Kier molecular flexibility index (Phi) is 4.36. The van der Waals surface area contributed by atoms with Crippen molar-refractivity contribution in [2.75, 3.05) is 14.2 Å². The van der Waals surface area contributed by atoms with Gasteiger partial charge in [-0.05, 0) is 17.7 Å². The van der Waals surface area contributed by atoms with Gasteiger partial charge in [-0.25, -0.2) is 9.37 Å². The summed E-state index contributed by atoms with van der Waals surface area (Å²) in [6.45, 7) is 0. The Labute approximate surface area is 120 Å². The van der Waals surface area contributed by atoms with Crippen molar-refractivity contribution in [3.63, 3.8) is 0 Å². The smallest absolute Gasteiger partial charge is 0.241 e. The maximum Gasteiger partial charge on any atom is 0.241 e. The molecule has 0 aliphatic rings. The number of ether oxygens (including phenoxy) is 2. The van der Waals surface area contributed by atoms with Crippen molar-refractivity contribution in [3.05, 3.63) is 46.5 Å². The standard InChI is InChI=1S/C13H12ClFN2O3/c1-19-10-6-16-11(13(17-10)20-2)12(18)7-3-4-9(15)8(14)5-7/h3-6,12,18H,1-2H3. The first-order valence-corrected chi connectivity index (χ1v) is 6.02. The summed E-state index contributed by atoms with van der Waals surface area (Å²) in [6.07, 6.45) is 0.216. The summed E-state index contributed by atoms with van der Waals surface area (Å²) in [7, 11) is 2.84. The number of aromatic nitrogens is 2. The van der Waals surface area contributed by atoms with Crippen LogP contribution in [0.1, 0.15) is 17.4 Å². The van der Waals surface area contributed by atoms with E-state index in [1.54, 1.807) is 0 Å². The van der Waals surface area contributed by atoms with E-state index in [1.165, 1.54) is 38.6 Å². The van der Waals surface area contributed by atoms with Gasteiger partial charge in [-0.2, -0.15) is 4.98 Å². The molecule has 1 unspecified atom stereocenters. The molecule has 20 heavy (non-hydrogen) atoms. The second-order valence-corrected chi connectivity index (χ2v) is 4.29. The number of nitrogens with zero attached hydrogens (tertiary/aromatic N) is 2. The minimum atomic E-state index is -1.14. The third kappa shape index (κ3) is 2.81. The molecule has 106 valence electrons. The molecule has 0 saturated carbocycles. The highest BCUT2D eigenvalue weighted by Crippen LogP contribution is 2.30. The largest absolute Gasteiger partial charge is 0.480 e. The van der Waals surface area contributed by atoms with Gasteiger partial charge in [0.05, 0.1) is 25.4 Å². The van der Waals surface area contributed by atoms with E-state index in [9.17, 15) is 9.50 Å². The number of rotatable bonds is 4. The van der Waals surface area contributed by atoms with Crippen LogP contribution in [0.15, 0.2) is 24.4 Å². The van der Waals surface area contributed by atoms with Gasteiger partial charge < -0.3 is 14.6 Å². The van der Waals surface area contributed by atoms with E-state index < -0.39 is 11.9 Å². The van der Waals surface area contributed by atoms with E-state index >= 15 is 0 Å². The van der Waals surface area contributed by atoms with Gasteiger partial charge in [0, 0.05) is 0 Å². The van der Waals surface area contributed by atoms with E-state index in [0.29, 0.717) is 5.56 Å². The molecule has 5 nitrogen and oxygen atoms in total. The fourth-order valence-electron chi connectivity index (χ4n) is 1.64. The van der Waals surface area contributed by atoms with Gasteiger partial charge in [-0.1, -0.05) is 17.7 Å². The molecule has 0 amide bonds. The van der Waals surface area contributed by atoms with Crippen LogP contribution >= 0.6 is 11.6 Å². The molecule has 0 saturated heterocycles. The maximum atomic E-state index is 13.1. The Morgan fingerprint density at radius 1 is 1.30 bits per heavy atom. The Morgan fingerprint density at radius 3 is 2.65 bits per heavy atom. The van der Waals surface area contributed by atoms with Crippen LogP contribution in [-0.4, -0.2) is 29.3 Å². The average molecular weight is 299 g/mol. The maximum absolute atomic E-state index is 13.1. The summed E-state index contributed by atoms with van der Waals surface area (Å²) in [5.41, 5.74) is 0.574. The van der Waals surface area contributed by atoms with E-state index in [-0.39, 0.29) is 22.5 Å². The molecule has 1 aromatic heterocycles. The summed E-state index contributed by atoms with van der Waals surface area (Å²) in [5, 5.41) is 10.2. The molecule has 0 aliphatic carbocycles. The van der Waals surface area contributed by atoms with E-state index in [0.717, 1.165) is 0 Å². The monoisotopic (exact) mass is 298 g/mol. The second kappa shape index (κ2) is 6.02. The van der Waals surface area contributed by atoms with Crippen LogP contribution in [0, 0.1) is 5.82 Å². The summed E-state index contributed by atoms with van der Waals surface area (Å²) in [6, 6.07) is 3.91. The number of benzene rings is 1. The van der Waals surface area contributed by atoms with Gasteiger partial charge in [-0.15, -0.1) is 0 Å². The van der Waals surface area contributed by atoms with Gasteiger partial charge in [0.2, 0.25) is 11.8 Å². The van der Waals surface area contributed by atoms with E-state index in [4.69, 9.17) is 21.1 Å². The van der Waals surface area contributed by atoms with Crippen LogP contribution in [0.4, 0.5) is 4.39 Å². The van der Waals surface area contributed by atoms with Crippen molar-refractivity contribution in [2.24, 2.45) is 0 Å². The molecular weight excluding hydrogens is 287 g/mol. The van der Waals surface area contributed by atoms with Crippen LogP contribution in [0.5, 0.6) is 11.8 Å². The Bertz CT molecular complexity index is 625. The molecule has 0 spiro atoms. The Morgan fingerprint density at radius 2 is 2.05 bits per heavy atom. The van der Waals surface area contributed by atoms with Crippen LogP contribution in [0.25, 0.3) is 0 Å². The number of aliphatic hydroxyl groups excluding tert-OH is 1. The average Bonchev–Trinajstić information content (AvgIpc) is 2.48. The number of halogens is 2. The predicted molar refractivity (Wildman–Crippen MR) is 70.6 cm³/mol. The zero-order valence-electron chi connectivity index (χ0n) is 10.8. The quantitative estimate of drug-likeness (QED) is 0.939. The number of methoxy groups -OCH3 is 2. The van der Waals surface area contributed by atoms with E-state index in [2.05, 4.69) is 9.97 Å². The molecule has 7 heteroatoms. The minimum absolute atomic E-state index is 0.0815. The highest BCUT2D eigenvalue weighted by Gasteiger charge is 2.20. The number of hydrogen-bond acceptors (Lipinski definition) is 5. The molecule has 0 fully saturated rings. The highest BCUT2D eigenvalue weighted by atomic mass is 35.5. The molecule has 0 bridgehead atoms. The fourth-order valence-corrected chi connectivity index (χ4v) is 1.83. The molecule has 1 N–H and O–H groups in total. The molecular formula is C13H12ClFN2O3. The Hall–Kier alpha value is -1.92. The highest BCUT2D eigenvalue weighted by molar-refractivity contribution is 6.30. The third-order valence-corrected chi connectivity index (χ3v) is 2.96. The molecule has 2 aromatic rings. The third-order valence-electron chi connectivity index (χ3n) is 2.67. The summed E-state index contributed by atoms with van der Waals surface area (Å²) in [4.78, 5) is 8.07. The van der Waals surface area contributed by atoms with Crippen LogP contribution in [0.2, 0.25) is 5.02 Å². The summed E-state index contributed by atoms with van der Waals surface area (Å²) < 4.78 is 23.1. The first-order valence-electron chi connectivity index (χ1n) is 5.64. The lowest BCUT2D eigenvalue weighted by molar-refractivity contribution is 0.206. The number of hydrogen-bond donors (Lipinski definition) is 1. The van der Waals surface area contributed by atoms with Crippen molar-refractivity contribution >= 4 is 11.6 Å². The second-order valence-electron chi connectivity index (χ2n) is 3.88. The minimum Gasteiger partial charge on any atom is -0.480 e. The first kappa shape index (κ1) is 14.5. The SMILES string of the molecule is COc1cnc(C(O)c2ccc(F)c(Cl)c2)c(OC)n1. The van der Waals surface area contributed by atoms with Crippen LogP contribution < -0.4 is 9.47 Å². The zero-order valence-corrected chi connectivity index (χ0v) is 11.6. The van der Waals surface area contributed by atoms with Gasteiger partial charge in [0.25, 0.3) is 0 Å². The number of aliphatic hydroxyl groups is 1. The molecule has 0 radical (unpaired) electrons.